The van der Waals surface area contributed by atoms with Crippen molar-refractivity contribution in [1.29, 1.82) is 0 Å². The lowest BCUT2D eigenvalue weighted by atomic mass is 10.2. The third-order valence-corrected chi connectivity index (χ3v) is 2.30. The van der Waals surface area contributed by atoms with Crippen molar-refractivity contribution in [3.05, 3.63) is 28.8 Å². The van der Waals surface area contributed by atoms with Crippen LogP contribution in [0.4, 0.5) is 5.82 Å². The number of hydrogen-bond donors (Lipinski definition) is 3. The number of aryl methyl sites for hydroxylation is 2. The van der Waals surface area contributed by atoms with Crippen LogP contribution in [0.3, 0.4) is 0 Å². The maximum atomic E-state index is 11.8. The zero-order valence-corrected chi connectivity index (χ0v) is 9.57. The van der Waals surface area contributed by atoms with E-state index in [2.05, 4.69) is 20.7 Å². The molecule has 0 radical (unpaired) electrons. The molecule has 2 rings (SSSR count). The first kappa shape index (κ1) is 11.2. The topological polar surface area (TPSA) is 110 Å². The molecular formula is C10H13N5O2. The highest BCUT2D eigenvalue weighted by atomic mass is 16.5. The normalized spacial score (nSPS) is 10.5. The molecule has 90 valence electrons. The first-order chi connectivity index (χ1) is 8.08. The van der Waals surface area contributed by atoms with E-state index in [-0.39, 0.29) is 18.3 Å². The van der Waals surface area contributed by atoms with Crippen molar-refractivity contribution in [2.24, 2.45) is 0 Å². The average molecular weight is 235 g/mol. The Morgan fingerprint density at radius 1 is 1.59 bits per heavy atom. The molecule has 7 nitrogen and oxygen atoms in total. The molecule has 0 bridgehead atoms. The van der Waals surface area contributed by atoms with Crippen molar-refractivity contribution in [1.82, 2.24) is 20.7 Å². The van der Waals surface area contributed by atoms with Gasteiger partial charge < -0.3 is 15.6 Å². The lowest BCUT2D eigenvalue weighted by Gasteiger charge is -2.02. The van der Waals surface area contributed by atoms with E-state index in [4.69, 9.17) is 10.3 Å². The van der Waals surface area contributed by atoms with Gasteiger partial charge in [0.15, 0.2) is 11.6 Å². The number of nitrogens with zero attached hydrogens (tertiary/aromatic N) is 2. The smallest absolute Gasteiger partial charge is 0.257 e. The van der Waals surface area contributed by atoms with Crippen molar-refractivity contribution in [3.8, 4) is 0 Å². The van der Waals surface area contributed by atoms with Crippen molar-refractivity contribution >= 4 is 11.7 Å². The molecule has 4 N–H and O–H groups in total. The first-order valence-corrected chi connectivity index (χ1v) is 5.08. The summed E-state index contributed by atoms with van der Waals surface area (Å²) in [5.41, 5.74) is 7.34. The summed E-state index contributed by atoms with van der Waals surface area (Å²) in [6, 6.07) is 1.76. The fourth-order valence-corrected chi connectivity index (χ4v) is 1.49. The number of H-pyrrole nitrogens is 1. The number of nitrogen functional groups attached to an aromatic ring is 1. The predicted octanol–water partition coefficient (Wildman–Crippen LogP) is 0.527. The van der Waals surface area contributed by atoms with E-state index in [0.29, 0.717) is 17.0 Å². The zero-order chi connectivity index (χ0) is 12.4. The average Bonchev–Trinajstić information content (AvgIpc) is 2.83. The summed E-state index contributed by atoms with van der Waals surface area (Å²) in [7, 11) is 0. The molecule has 1 amide bonds. The van der Waals surface area contributed by atoms with Gasteiger partial charge in [0.25, 0.3) is 5.91 Å². The van der Waals surface area contributed by atoms with E-state index in [0.717, 1.165) is 5.69 Å². The molecule has 0 fully saturated rings. The Labute approximate surface area is 97.4 Å². The van der Waals surface area contributed by atoms with Crippen LogP contribution in [-0.4, -0.2) is 21.3 Å². The van der Waals surface area contributed by atoms with E-state index in [1.54, 1.807) is 13.0 Å². The summed E-state index contributed by atoms with van der Waals surface area (Å²) in [4.78, 5) is 11.8. The number of anilines is 1. The molecule has 2 aromatic rings. The number of nitrogens with two attached hydrogens (primary N) is 1. The number of hydrogen-bond acceptors (Lipinski definition) is 5. The molecule has 0 spiro atoms. The molecule has 0 aliphatic heterocycles. The van der Waals surface area contributed by atoms with Crippen LogP contribution in [0.2, 0.25) is 0 Å². The Morgan fingerprint density at radius 3 is 2.88 bits per heavy atom. The quantitative estimate of drug-likeness (QED) is 0.718. The van der Waals surface area contributed by atoms with Crippen LogP contribution in [0.15, 0.2) is 10.6 Å². The SMILES string of the molecule is Cc1cc(CNC(=O)c2c(N)n[nH]c2C)on1. The molecule has 2 aromatic heterocycles. The standard InChI is InChI=1S/C10H13N5O2/c1-5-3-7(17-15-5)4-12-10(16)8-6(2)13-14-9(8)11/h3H,4H2,1-2H3,(H,12,16)(H3,11,13,14). The van der Waals surface area contributed by atoms with E-state index in [1.807, 2.05) is 6.92 Å². The molecule has 0 saturated carbocycles. The van der Waals surface area contributed by atoms with Crippen LogP contribution in [0.5, 0.6) is 0 Å². The minimum atomic E-state index is -0.289. The number of aromatic amines is 1. The number of amides is 1. The highest BCUT2D eigenvalue weighted by molar-refractivity contribution is 5.99. The number of carbonyl (C=O) groups is 1. The Morgan fingerprint density at radius 2 is 2.35 bits per heavy atom. The summed E-state index contributed by atoms with van der Waals surface area (Å²) >= 11 is 0. The lowest BCUT2D eigenvalue weighted by Crippen LogP contribution is -2.23. The van der Waals surface area contributed by atoms with Gasteiger partial charge in [-0.15, -0.1) is 0 Å². The Bertz CT molecular complexity index is 523. The fraction of sp³-hybridized carbons (Fsp3) is 0.300. The van der Waals surface area contributed by atoms with Crippen LogP contribution in [0.25, 0.3) is 0 Å². The van der Waals surface area contributed by atoms with E-state index in [9.17, 15) is 4.79 Å². The highest BCUT2D eigenvalue weighted by Gasteiger charge is 2.16. The van der Waals surface area contributed by atoms with Gasteiger partial charge in [-0.3, -0.25) is 9.89 Å². The molecule has 0 saturated heterocycles. The van der Waals surface area contributed by atoms with Gasteiger partial charge in [-0.1, -0.05) is 5.16 Å². The Kier molecular flexibility index (Phi) is 2.82. The molecular weight excluding hydrogens is 222 g/mol. The number of carbonyl (C=O) groups excluding carboxylic acids is 1. The summed E-state index contributed by atoms with van der Waals surface area (Å²) in [5, 5.41) is 12.8. The second-order valence-corrected chi connectivity index (χ2v) is 3.73. The van der Waals surface area contributed by atoms with Crippen LogP contribution in [-0.2, 0) is 6.54 Å². The van der Waals surface area contributed by atoms with E-state index >= 15 is 0 Å². The third-order valence-electron chi connectivity index (χ3n) is 2.30. The Balaban J connectivity index is 2.03. The highest BCUT2D eigenvalue weighted by Crippen LogP contribution is 2.12. The third kappa shape index (κ3) is 2.27. The molecule has 17 heavy (non-hydrogen) atoms. The van der Waals surface area contributed by atoms with Crippen molar-refractivity contribution < 1.29 is 9.32 Å². The van der Waals surface area contributed by atoms with Crippen LogP contribution in [0.1, 0.15) is 27.5 Å². The van der Waals surface area contributed by atoms with Gasteiger partial charge in [-0.05, 0) is 13.8 Å². The van der Waals surface area contributed by atoms with E-state index in [1.165, 1.54) is 0 Å². The van der Waals surface area contributed by atoms with Crippen LogP contribution < -0.4 is 11.1 Å². The fourth-order valence-electron chi connectivity index (χ4n) is 1.49. The maximum Gasteiger partial charge on any atom is 0.257 e. The van der Waals surface area contributed by atoms with Crippen LogP contribution >= 0.6 is 0 Å². The van der Waals surface area contributed by atoms with Crippen molar-refractivity contribution in [3.63, 3.8) is 0 Å². The molecule has 0 unspecified atom stereocenters. The zero-order valence-electron chi connectivity index (χ0n) is 9.57. The summed E-state index contributed by atoms with van der Waals surface area (Å²) in [6.07, 6.45) is 0. The molecule has 0 aromatic carbocycles. The first-order valence-electron chi connectivity index (χ1n) is 5.08. The van der Waals surface area contributed by atoms with Crippen molar-refractivity contribution in [2.75, 3.05) is 5.73 Å². The Hall–Kier alpha value is -2.31. The second-order valence-electron chi connectivity index (χ2n) is 3.73. The largest absolute Gasteiger partial charge is 0.382 e. The van der Waals surface area contributed by atoms with Crippen LogP contribution in [0, 0.1) is 13.8 Å². The second kappa shape index (κ2) is 4.28. The van der Waals surface area contributed by atoms with Gasteiger partial charge in [-0.25, -0.2) is 0 Å². The molecule has 0 atom stereocenters. The summed E-state index contributed by atoms with van der Waals surface area (Å²) in [5.74, 6) is 0.493. The molecule has 2 heterocycles. The van der Waals surface area contributed by atoms with Gasteiger partial charge in [0.2, 0.25) is 0 Å². The number of nitrogens with one attached hydrogen (secondary N) is 2. The molecule has 7 heteroatoms. The molecule has 0 aliphatic rings. The van der Waals surface area contributed by atoms with Gasteiger partial charge >= 0.3 is 0 Å². The molecule has 0 aliphatic carbocycles. The summed E-state index contributed by atoms with van der Waals surface area (Å²) in [6.45, 7) is 3.81. The van der Waals surface area contributed by atoms with Crippen molar-refractivity contribution in [2.45, 2.75) is 20.4 Å². The minimum absolute atomic E-state index is 0.189. The predicted molar refractivity (Wildman–Crippen MR) is 60.1 cm³/mol. The number of aromatic nitrogens is 3. The maximum absolute atomic E-state index is 11.8. The summed E-state index contributed by atoms with van der Waals surface area (Å²) < 4.78 is 4.97. The minimum Gasteiger partial charge on any atom is -0.382 e. The van der Waals surface area contributed by atoms with Gasteiger partial charge in [0.1, 0.15) is 5.56 Å². The lowest BCUT2D eigenvalue weighted by molar-refractivity contribution is 0.0947. The van der Waals surface area contributed by atoms with Gasteiger partial charge in [-0.2, -0.15) is 5.10 Å². The van der Waals surface area contributed by atoms with Gasteiger partial charge in [0, 0.05) is 11.8 Å². The van der Waals surface area contributed by atoms with E-state index < -0.39 is 0 Å². The van der Waals surface area contributed by atoms with Gasteiger partial charge in [0.05, 0.1) is 12.2 Å². The number of rotatable bonds is 3. The monoisotopic (exact) mass is 235 g/mol.